The van der Waals surface area contributed by atoms with E-state index in [1.54, 1.807) is 0 Å². The molecule has 10 aromatic rings. The Morgan fingerprint density at radius 1 is 0.488 bits per heavy atom. The van der Waals surface area contributed by atoms with Gasteiger partial charge in [0.05, 0.1) is 16.6 Å². The molecule has 0 atom stereocenters. The van der Waals surface area contributed by atoms with E-state index in [0.717, 1.165) is 88.0 Å². The first kappa shape index (κ1) is 21.2. The lowest BCUT2D eigenvalue weighted by Crippen LogP contribution is -1.92. The minimum Gasteiger partial charge on any atom is -0.456 e. The highest BCUT2D eigenvalue weighted by atomic mass is 16.3. The van der Waals surface area contributed by atoms with E-state index in [0.29, 0.717) is 0 Å². The molecule has 0 unspecified atom stereocenters. The van der Waals surface area contributed by atoms with Gasteiger partial charge in [-0.25, -0.2) is 4.98 Å². The highest BCUT2D eigenvalue weighted by Crippen LogP contribution is 2.45. The number of fused-ring (bicyclic) bond motifs is 15. The third kappa shape index (κ3) is 2.71. The molecule has 0 aliphatic rings. The third-order valence-electron chi connectivity index (χ3n) is 8.56. The van der Waals surface area contributed by atoms with Crippen LogP contribution in [0.5, 0.6) is 0 Å². The fraction of sp³-hybridized carbons (Fsp3) is 0. The second-order valence-corrected chi connectivity index (χ2v) is 10.7. The average Bonchev–Trinajstić information content (AvgIpc) is 3.71. The minimum absolute atomic E-state index is 0.861. The molecule has 0 saturated carbocycles. The van der Waals surface area contributed by atoms with Gasteiger partial charge in [-0.15, -0.1) is 0 Å². The number of hydrogen-bond donors (Lipinski definition) is 0. The molecule has 10 rings (SSSR count). The molecule has 190 valence electrons. The van der Waals surface area contributed by atoms with Crippen LogP contribution in [0.3, 0.4) is 0 Å². The van der Waals surface area contributed by atoms with Crippen LogP contribution in [-0.4, -0.2) is 9.38 Å². The summed E-state index contributed by atoms with van der Waals surface area (Å²) >= 11 is 0. The van der Waals surface area contributed by atoms with Crippen molar-refractivity contribution in [1.29, 1.82) is 0 Å². The van der Waals surface area contributed by atoms with Crippen molar-refractivity contribution in [2.24, 2.45) is 0 Å². The zero-order valence-electron chi connectivity index (χ0n) is 21.8. The number of imidazole rings is 1. The summed E-state index contributed by atoms with van der Waals surface area (Å²) in [7, 11) is 0. The minimum atomic E-state index is 0.861. The van der Waals surface area contributed by atoms with E-state index in [9.17, 15) is 0 Å². The summed E-state index contributed by atoms with van der Waals surface area (Å²) in [6.45, 7) is 0. The molecule has 0 N–H and O–H groups in total. The Morgan fingerprint density at radius 3 is 2.02 bits per heavy atom. The van der Waals surface area contributed by atoms with Crippen molar-refractivity contribution < 1.29 is 8.83 Å². The third-order valence-corrected chi connectivity index (χ3v) is 8.56. The molecule has 41 heavy (non-hydrogen) atoms. The molecule has 4 heteroatoms. The van der Waals surface area contributed by atoms with Crippen LogP contribution in [0.25, 0.3) is 93.4 Å². The van der Waals surface area contributed by atoms with E-state index in [1.165, 1.54) is 5.39 Å². The van der Waals surface area contributed by atoms with Gasteiger partial charge in [-0.1, -0.05) is 72.8 Å². The molecule has 0 radical (unpaired) electrons. The summed E-state index contributed by atoms with van der Waals surface area (Å²) in [5.41, 5.74) is 9.80. The fourth-order valence-electron chi connectivity index (χ4n) is 6.79. The quantitative estimate of drug-likeness (QED) is 0.201. The van der Waals surface area contributed by atoms with Crippen molar-refractivity contribution in [3.63, 3.8) is 0 Å². The molecule has 0 spiro atoms. The lowest BCUT2D eigenvalue weighted by Gasteiger charge is -2.11. The van der Waals surface area contributed by atoms with Crippen LogP contribution in [-0.2, 0) is 0 Å². The smallest absolute Gasteiger partial charge is 0.146 e. The maximum atomic E-state index is 6.62. The Labute approximate surface area is 232 Å². The lowest BCUT2D eigenvalue weighted by molar-refractivity contribution is 0.664. The van der Waals surface area contributed by atoms with Crippen LogP contribution >= 0.6 is 0 Å². The van der Waals surface area contributed by atoms with Gasteiger partial charge in [-0.3, -0.25) is 4.40 Å². The van der Waals surface area contributed by atoms with Crippen LogP contribution in [0.15, 0.2) is 130 Å². The summed E-state index contributed by atoms with van der Waals surface area (Å²) < 4.78 is 15.3. The Balaban J connectivity index is 1.37. The number of benzene rings is 6. The number of rotatable bonds is 1. The molecule has 0 amide bonds. The van der Waals surface area contributed by atoms with E-state index in [-0.39, 0.29) is 0 Å². The molecule has 0 saturated heterocycles. The first-order valence-corrected chi connectivity index (χ1v) is 13.8. The Kier molecular flexibility index (Phi) is 3.90. The molecule has 0 aliphatic heterocycles. The lowest BCUT2D eigenvalue weighted by atomic mass is 9.95. The molecule has 0 bridgehead atoms. The second-order valence-electron chi connectivity index (χ2n) is 10.7. The zero-order chi connectivity index (χ0) is 26.7. The van der Waals surface area contributed by atoms with E-state index >= 15 is 0 Å². The SMILES string of the molecule is c1ccc2c(c1)nc1c3ccc(-c4cc5oc6ccccc6c5c5c4oc4ccccc45)cc3c3ccccc3n21. The van der Waals surface area contributed by atoms with Gasteiger partial charge >= 0.3 is 0 Å². The average molecular weight is 525 g/mol. The van der Waals surface area contributed by atoms with Crippen molar-refractivity contribution in [3.8, 4) is 11.1 Å². The maximum Gasteiger partial charge on any atom is 0.146 e. The van der Waals surface area contributed by atoms with Crippen LogP contribution in [0.4, 0.5) is 0 Å². The summed E-state index contributed by atoms with van der Waals surface area (Å²) in [6, 6.07) is 42.3. The zero-order valence-corrected chi connectivity index (χ0v) is 21.8. The van der Waals surface area contributed by atoms with Crippen LogP contribution < -0.4 is 0 Å². The topological polar surface area (TPSA) is 43.6 Å². The van der Waals surface area contributed by atoms with Crippen molar-refractivity contribution in [1.82, 2.24) is 9.38 Å². The highest BCUT2D eigenvalue weighted by Gasteiger charge is 2.21. The van der Waals surface area contributed by atoms with Crippen molar-refractivity contribution in [2.75, 3.05) is 0 Å². The molecule has 0 fully saturated rings. The predicted molar refractivity (Wildman–Crippen MR) is 168 cm³/mol. The monoisotopic (exact) mass is 524 g/mol. The highest BCUT2D eigenvalue weighted by molar-refractivity contribution is 6.28. The van der Waals surface area contributed by atoms with Crippen molar-refractivity contribution in [3.05, 3.63) is 121 Å². The van der Waals surface area contributed by atoms with Gasteiger partial charge in [-0.2, -0.15) is 0 Å². The van der Waals surface area contributed by atoms with Crippen LogP contribution in [0.1, 0.15) is 0 Å². The van der Waals surface area contributed by atoms with Gasteiger partial charge in [0.25, 0.3) is 0 Å². The Bertz CT molecular complexity index is 2710. The fourth-order valence-corrected chi connectivity index (χ4v) is 6.79. The van der Waals surface area contributed by atoms with Gasteiger partial charge < -0.3 is 8.83 Å². The van der Waals surface area contributed by atoms with E-state index in [2.05, 4.69) is 95.4 Å². The number of furan rings is 2. The summed E-state index contributed by atoms with van der Waals surface area (Å²) in [5.74, 6) is 0. The van der Waals surface area contributed by atoms with Crippen molar-refractivity contribution in [2.45, 2.75) is 0 Å². The summed E-state index contributed by atoms with van der Waals surface area (Å²) in [4.78, 5) is 5.07. The standard InChI is InChI=1S/C37H20N2O2/c1-5-13-29-22(9-1)27-19-21(17-18-23(27)37-38-28-12-4-6-14-30(28)39(29)37)26-20-33-34(24-10-2-7-15-31(24)40-33)35-25-11-3-8-16-32(25)41-36(26)35/h1-20H. The molecule has 4 nitrogen and oxygen atoms in total. The molecular weight excluding hydrogens is 504 g/mol. The first-order valence-electron chi connectivity index (χ1n) is 13.8. The van der Waals surface area contributed by atoms with Gasteiger partial charge in [0.2, 0.25) is 0 Å². The number of aromatic nitrogens is 2. The summed E-state index contributed by atoms with van der Waals surface area (Å²) in [5, 5.41) is 7.86. The van der Waals surface area contributed by atoms with Crippen LogP contribution in [0, 0.1) is 0 Å². The van der Waals surface area contributed by atoms with Crippen LogP contribution in [0.2, 0.25) is 0 Å². The first-order chi connectivity index (χ1) is 20.3. The molecular formula is C37H20N2O2. The van der Waals surface area contributed by atoms with Gasteiger partial charge in [-0.05, 0) is 59.5 Å². The molecule has 0 aliphatic carbocycles. The molecule has 6 aromatic carbocycles. The number of para-hydroxylation sites is 5. The Hall–Kier alpha value is -5.61. The second kappa shape index (κ2) is 7.52. The van der Waals surface area contributed by atoms with E-state index in [4.69, 9.17) is 13.8 Å². The number of pyridine rings is 1. The number of hydrogen-bond acceptors (Lipinski definition) is 3. The predicted octanol–water partition coefficient (Wildman–Crippen LogP) is 10.3. The van der Waals surface area contributed by atoms with Crippen molar-refractivity contribution >= 4 is 82.2 Å². The molecule has 4 aromatic heterocycles. The Morgan fingerprint density at radius 2 is 1.17 bits per heavy atom. The maximum absolute atomic E-state index is 6.62. The van der Waals surface area contributed by atoms with Gasteiger partial charge in [0.15, 0.2) is 0 Å². The van der Waals surface area contributed by atoms with E-state index in [1.807, 2.05) is 30.3 Å². The van der Waals surface area contributed by atoms with Gasteiger partial charge in [0.1, 0.15) is 28.0 Å². The number of nitrogens with zero attached hydrogens (tertiary/aromatic N) is 2. The molecule has 4 heterocycles. The normalized spacial score (nSPS) is 12.4. The van der Waals surface area contributed by atoms with E-state index < -0.39 is 0 Å². The van der Waals surface area contributed by atoms with Gasteiger partial charge in [0, 0.05) is 37.9 Å². The largest absolute Gasteiger partial charge is 0.456 e. The summed E-state index contributed by atoms with van der Waals surface area (Å²) in [6.07, 6.45) is 0.